The topological polar surface area (TPSA) is 0 Å². The fraction of sp³-hybridized carbons (Fsp3) is 0. The Morgan fingerprint density at radius 2 is 1.90 bits per heavy atom. The lowest BCUT2D eigenvalue weighted by Crippen LogP contribution is -1.84. The molecule has 0 aromatic heterocycles. The Labute approximate surface area is 94.0 Å². The molecule has 0 aliphatic carbocycles. The van der Waals surface area contributed by atoms with E-state index in [1.54, 1.807) is 0 Å². The maximum Gasteiger partial charge on any atom is 0.138 e. The van der Waals surface area contributed by atoms with Crippen molar-refractivity contribution >= 4 is 61.1 Å². The van der Waals surface area contributed by atoms with E-state index < -0.39 is 0 Å². The molecule has 0 saturated carbocycles. The molecule has 0 heterocycles. The first-order valence-electron chi connectivity index (χ1n) is 2.41. The van der Waals surface area contributed by atoms with Crippen molar-refractivity contribution in [3.8, 4) is 0 Å². The monoisotopic (exact) mass is 426 g/mol. The summed E-state index contributed by atoms with van der Waals surface area (Å²) in [7, 11) is 0. The van der Waals surface area contributed by atoms with Crippen molar-refractivity contribution in [2.75, 3.05) is 0 Å². The molecule has 0 aliphatic heterocycles. The van der Waals surface area contributed by atoms with Crippen LogP contribution in [0.25, 0.3) is 0 Å². The Morgan fingerprint density at radius 1 is 1.30 bits per heavy atom. The van der Waals surface area contributed by atoms with Gasteiger partial charge in [-0.05, 0) is 73.2 Å². The van der Waals surface area contributed by atoms with E-state index in [0.717, 1.165) is 8.04 Å². The van der Waals surface area contributed by atoms with E-state index in [4.69, 9.17) is 0 Å². The van der Waals surface area contributed by atoms with E-state index in [0.29, 0.717) is 3.57 Å². The molecule has 1 aromatic carbocycles. The quantitative estimate of drug-likeness (QED) is 0.336. The zero-order chi connectivity index (χ0) is 7.72. The minimum atomic E-state index is -0.167. The van der Waals surface area contributed by atoms with Crippen LogP contribution in [-0.4, -0.2) is 0 Å². The number of hydrogen-bond acceptors (Lipinski definition) is 0. The van der Waals surface area contributed by atoms with Gasteiger partial charge in [0.15, 0.2) is 0 Å². The van der Waals surface area contributed by atoms with Crippen LogP contribution in [0.5, 0.6) is 0 Å². The average Bonchev–Trinajstić information content (AvgIpc) is 1.82. The highest BCUT2D eigenvalue weighted by molar-refractivity contribution is 14.1. The third-order valence-corrected chi connectivity index (χ3v) is 4.03. The van der Waals surface area contributed by atoms with Crippen LogP contribution in [0.15, 0.2) is 16.6 Å². The lowest BCUT2D eigenvalue weighted by molar-refractivity contribution is 0.618. The minimum Gasteiger partial charge on any atom is -0.206 e. The summed E-state index contributed by atoms with van der Waals surface area (Å²) in [4.78, 5) is 0. The van der Waals surface area contributed by atoms with E-state index in [1.165, 1.54) is 6.07 Å². The molecule has 0 atom stereocenters. The fourth-order valence-electron chi connectivity index (χ4n) is 0.525. The first-order valence-corrected chi connectivity index (χ1v) is 5.36. The predicted octanol–water partition coefficient (Wildman–Crippen LogP) is 3.80. The highest BCUT2D eigenvalue weighted by atomic mass is 127. The van der Waals surface area contributed by atoms with Gasteiger partial charge in [0.1, 0.15) is 5.82 Å². The Morgan fingerprint density at radius 3 is 2.40 bits per heavy atom. The van der Waals surface area contributed by atoms with Gasteiger partial charge in [-0.2, -0.15) is 0 Å². The second-order valence-corrected chi connectivity index (χ2v) is 4.86. The maximum absolute atomic E-state index is 12.8. The molecule has 10 heavy (non-hydrogen) atoms. The Balaban J connectivity index is 3.31. The van der Waals surface area contributed by atoms with Gasteiger partial charge in [0, 0.05) is 8.04 Å². The second kappa shape index (κ2) is 3.66. The molecule has 0 spiro atoms. The molecule has 1 aromatic rings. The molecule has 54 valence electrons. The highest BCUT2D eigenvalue weighted by Crippen LogP contribution is 2.24. The first kappa shape index (κ1) is 9.18. The van der Waals surface area contributed by atoms with Crippen LogP contribution in [-0.2, 0) is 0 Å². The maximum atomic E-state index is 12.8. The smallest absolute Gasteiger partial charge is 0.138 e. The van der Waals surface area contributed by atoms with Gasteiger partial charge in [-0.25, -0.2) is 4.39 Å². The summed E-state index contributed by atoms with van der Waals surface area (Å²) in [6.07, 6.45) is 0. The Bertz CT molecular complexity index is 239. The van der Waals surface area contributed by atoms with Crippen molar-refractivity contribution < 1.29 is 4.39 Å². The molecule has 0 saturated heterocycles. The number of hydrogen-bond donors (Lipinski definition) is 0. The molecule has 0 radical (unpaired) electrons. The van der Waals surface area contributed by atoms with E-state index in [9.17, 15) is 4.39 Å². The predicted molar refractivity (Wildman–Crippen MR) is 59.5 cm³/mol. The lowest BCUT2D eigenvalue weighted by atomic mass is 10.4. The van der Waals surface area contributed by atoms with Crippen molar-refractivity contribution in [3.05, 3.63) is 29.6 Å². The van der Waals surface area contributed by atoms with Crippen LogP contribution in [0.2, 0.25) is 0 Å². The molecule has 1 rings (SSSR count). The highest BCUT2D eigenvalue weighted by Gasteiger charge is 2.03. The van der Waals surface area contributed by atoms with Crippen LogP contribution in [0.3, 0.4) is 0 Å². The summed E-state index contributed by atoms with van der Waals surface area (Å²) < 4.78 is 15.2. The van der Waals surface area contributed by atoms with Gasteiger partial charge in [-0.15, -0.1) is 0 Å². The molecule has 0 amide bonds. The minimum absolute atomic E-state index is 0.167. The van der Waals surface area contributed by atoms with E-state index in [2.05, 4.69) is 38.5 Å². The number of halogens is 4. The van der Waals surface area contributed by atoms with Gasteiger partial charge in [-0.3, -0.25) is 0 Å². The summed E-state index contributed by atoms with van der Waals surface area (Å²) in [5, 5.41) is 0. The van der Waals surface area contributed by atoms with Gasteiger partial charge in [-0.1, -0.05) is 0 Å². The number of rotatable bonds is 0. The Kier molecular flexibility index (Phi) is 3.36. The standard InChI is InChI=1S/C6H2BrFI2/c7-4-1-3(9)2-5(8)6(4)10/h1-2H. The fourth-order valence-corrected chi connectivity index (χ4v) is 2.28. The van der Waals surface area contributed by atoms with Crippen LogP contribution < -0.4 is 0 Å². The van der Waals surface area contributed by atoms with E-state index in [-0.39, 0.29) is 5.82 Å². The first-order chi connectivity index (χ1) is 4.61. The molecule has 0 bridgehead atoms. The summed E-state index contributed by atoms with van der Waals surface area (Å²) in [6, 6.07) is 3.39. The lowest BCUT2D eigenvalue weighted by Gasteiger charge is -1.97. The Hall–Kier alpha value is 1.09. The molecule has 0 nitrogen and oxygen atoms in total. The van der Waals surface area contributed by atoms with E-state index >= 15 is 0 Å². The summed E-state index contributed by atoms with van der Waals surface area (Å²) >= 11 is 7.28. The molecular weight excluding hydrogens is 425 g/mol. The third kappa shape index (κ3) is 2.04. The van der Waals surface area contributed by atoms with Gasteiger partial charge in [0.25, 0.3) is 0 Å². The zero-order valence-electron chi connectivity index (χ0n) is 4.67. The zero-order valence-corrected chi connectivity index (χ0v) is 10.6. The van der Waals surface area contributed by atoms with Crippen LogP contribution >= 0.6 is 61.1 Å². The largest absolute Gasteiger partial charge is 0.206 e. The van der Waals surface area contributed by atoms with Gasteiger partial charge in [0.2, 0.25) is 0 Å². The van der Waals surface area contributed by atoms with Crippen LogP contribution in [0.1, 0.15) is 0 Å². The van der Waals surface area contributed by atoms with Crippen LogP contribution in [0.4, 0.5) is 4.39 Å². The van der Waals surface area contributed by atoms with Crippen molar-refractivity contribution in [2.45, 2.75) is 0 Å². The molecule has 0 N–H and O–H groups in total. The molecule has 0 unspecified atom stereocenters. The molecular formula is C6H2BrFI2. The van der Waals surface area contributed by atoms with Crippen molar-refractivity contribution in [1.29, 1.82) is 0 Å². The van der Waals surface area contributed by atoms with Crippen molar-refractivity contribution in [1.82, 2.24) is 0 Å². The third-order valence-electron chi connectivity index (χ3n) is 0.949. The summed E-state index contributed by atoms with van der Waals surface area (Å²) in [5.41, 5.74) is 0. The van der Waals surface area contributed by atoms with Crippen molar-refractivity contribution in [2.24, 2.45) is 0 Å². The van der Waals surface area contributed by atoms with Gasteiger partial charge >= 0.3 is 0 Å². The SMILES string of the molecule is Fc1cc(I)cc(Br)c1I. The van der Waals surface area contributed by atoms with Crippen molar-refractivity contribution in [3.63, 3.8) is 0 Å². The second-order valence-electron chi connectivity index (χ2n) is 1.68. The molecule has 0 aliphatic rings. The summed E-state index contributed by atoms with van der Waals surface area (Å²) in [5.74, 6) is -0.167. The van der Waals surface area contributed by atoms with Crippen LogP contribution in [0, 0.1) is 13.0 Å². The number of benzene rings is 1. The van der Waals surface area contributed by atoms with E-state index in [1.807, 2.05) is 28.7 Å². The average molecular weight is 427 g/mol. The van der Waals surface area contributed by atoms with Gasteiger partial charge < -0.3 is 0 Å². The summed E-state index contributed by atoms with van der Waals surface area (Å²) in [6.45, 7) is 0. The normalized spacial score (nSPS) is 10.0. The van der Waals surface area contributed by atoms with Gasteiger partial charge in [0.05, 0.1) is 3.57 Å². The molecule has 0 fully saturated rings. The molecule has 4 heteroatoms.